The first kappa shape index (κ1) is 29.0. The summed E-state index contributed by atoms with van der Waals surface area (Å²) in [6.07, 6.45) is 2.15. The van der Waals surface area contributed by atoms with Gasteiger partial charge in [-0.3, -0.25) is 9.59 Å². The second-order valence-electron chi connectivity index (χ2n) is 12.1. The highest BCUT2D eigenvalue weighted by atomic mass is 16.5. The van der Waals surface area contributed by atoms with Gasteiger partial charge in [-0.05, 0) is 69.3 Å². The average molecular weight is 561 g/mol. The highest BCUT2D eigenvalue weighted by molar-refractivity contribution is 6.03. The quantitative estimate of drug-likeness (QED) is 0.355. The van der Waals surface area contributed by atoms with Crippen molar-refractivity contribution >= 4 is 22.7 Å². The number of benzene rings is 2. The number of likely N-dealkylation sites (tertiary alicyclic amines) is 1. The molecule has 3 aromatic rings. The van der Waals surface area contributed by atoms with Crippen molar-refractivity contribution in [2.75, 3.05) is 39.9 Å². The van der Waals surface area contributed by atoms with Gasteiger partial charge in [-0.2, -0.15) is 0 Å². The molecule has 2 amide bonds. The van der Waals surface area contributed by atoms with Crippen molar-refractivity contribution in [3.8, 4) is 11.5 Å². The predicted octanol–water partition coefficient (Wildman–Crippen LogP) is 4.95. The van der Waals surface area contributed by atoms with Crippen molar-refractivity contribution < 1.29 is 19.1 Å². The zero-order valence-corrected chi connectivity index (χ0v) is 25.1. The number of carbonyl (C=O) groups is 2. The minimum atomic E-state index is -1.10. The molecule has 220 valence electrons. The molecule has 0 radical (unpaired) electrons. The average Bonchev–Trinajstić information content (AvgIpc) is 3.31. The highest BCUT2D eigenvalue weighted by Crippen LogP contribution is 2.36. The summed E-state index contributed by atoms with van der Waals surface area (Å²) in [4.78, 5) is 32.4. The van der Waals surface area contributed by atoms with Gasteiger partial charge in [0.1, 0.15) is 22.7 Å². The van der Waals surface area contributed by atoms with Crippen LogP contribution in [0.5, 0.6) is 11.5 Å². The van der Waals surface area contributed by atoms with Gasteiger partial charge in [-0.25, -0.2) is 0 Å². The number of rotatable bonds is 10. The van der Waals surface area contributed by atoms with Crippen LogP contribution in [0.4, 0.5) is 0 Å². The Bertz CT molecular complexity index is 1390. The Morgan fingerprint density at radius 2 is 1.85 bits per heavy atom. The van der Waals surface area contributed by atoms with Crippen LogP contribution in [0, 0.1) is 11.8 Å². The molecule has 1 saturated heterocycles. The maximum atomic E-state index is 14.2. The van der Waals surface area contributed by atoms with Crippen molar-refractivity contribution in [3.05, 3.63) is 59.8 Å². The molecule has 8 heteroatoms. The number of fused-ring (bicyclic) bond motifs is 3. The molecule has 0 unspecified atom stereocenters. The Morgan fingerprint density at radius 3 is 2.59 bits per heavy atom. The second-order valence-corrected chi connectivity index (χ2v) is 12.1. The van der Waals surface area contributed by atoms with Gasteiger partial charge in [-0.15, -0.1) is 0 Å². The number of para-hydroxylation sites is 1. The van der Waals surface area contributed by atoms with Gasteiger partial charge < -0.3 is 29.2 Å². The third-order valence-corrected chi connectivity index (χ3v) is 8.61. The van der Waals surface area contributed by atoms with Crippen molar-refractivity contribution in [2.24, 2.45) is 11.8 Å². The van der Waals surface area contributed by atoms with E-state index in [2.05, 4.69) is 24.1 Å². The van der Waals surface area contributed by atoms with E-state index in [0.29, 0.717) is 43.0 Å². The lowest BCUT2D eigenvalue weighted by Gasteiger charge is -2.44. The number of hydrogen-bond donors (Lipinski definition) is 1. The standard InChI is InChI=1S/C33H44N4O4/c1-6-41-30-11-8-7-10-26(30)21-37-31(38)29-17-25-12-13-27(40-5)18-28(25)36(29)22-33(37,4)32(39)34-14-9-15-35-19-23(2)16-24(3)20-35/h7-8,10-13,17-18,23-24H,6,9,14-16,19-22H2,1-5H3,(H,34,39)/t23-,24-,33+/m0/s1. The fourth-order valence-corrected chi connectivity index (χ4v) is 6.68. The van der Waals surface area contributed by atoms with Crippen molar-refractivity contribution in [1.29, 1.82) is 0 Å². The van der Waals surface area contributed by atoms with Gasteiger partial charge in [0.2, 0.25) is 5.91 Å². The van der Waals surface area contributed by atoms with Gasteiger partial charge in [0, 0.05) is 36.7 Å². The summed E-state index contributed by atoms with van der Waals surface area (Å²) in [5, 5.41) is 4.14. The van der Waals surface area contributed by atoms with E-state index in [1.165, 1.54) is 6.42 Å². The molecule has 1 N–H and O–H groups in total. The molecule has 3 atom stereocenters. The Balaban J connectivity index is 1.41. The number of ether oxygens (including phenoxy) is 2. The number of hydrogen-bond acceptors (Lipinski definition) is 5. The van der Waals surface area contributed by atoms with E-state index in [9.17, 15) is 9.59 Å². The van der Waals surface area contributed by atoms with Gasteiger partial charge in [-0.1, -0.05) is 32.0 Å². The van der Waals surface area contributed by atoms with Crippen LogP contribution in [0.2, 0.25) is 0 Å². The van der Waals surface area contributed by atoms with Gasteiger partial charge in [0.05, 0.1) is 32.3 Å². The summed E-state index contributed by atoms with van der Waals surface area (Å²) >= 11 is 0. The molecular weight excluding hydrogens is 516 g/mol. The number of aromatic nitrogens is 1. The number of amides is 2. The van der Waals surface area contributed by atoms with Crippen LogP contribution in [0.1, 0.15) is 56.6 Å². The van der Waals surface area contributed by atoms with Crippen molar-refractivity contribution in [3.63, 3.8) is 0 Å². The molecule has 0 bridgehead atoms. The highest BCUT2D eigenvalue weighted by Gasteiger charge is 2.47. The summed E-state index contributed by atoms with van der Waals surface area (Å²) in [6.45, 7) is 13.4. The minimum Gasteiger partial charge on any atom is -0.497 e. The number of carbonyl (C=O) groups excluding carboxylic acids is 2. The van der Waals surface area contributed by atoms with Crippen LogP contribution in [-0.4, -0.2) is 71.6 Å². The van der Waals surface area contributed by atoms with Gasteiger partial charge >= 0.3 is 0 Å². The van der Waals surface area contributed by atoms with Crippen molar-refractivity contribution in [2.45, 2.75) is 59.2 Å². The number of piperidine rings is 1. The molecule has 41 heavy (non-hydrogen) atoms. The van der Waals surface area contributed by atoms with E-state index in [1.54, 1.807) is 12.0 Å². The third-order valence-electron chi connectivity index (χ3n) is 8.61. The molecule has 2 aromatic carbocycles. The molecule has 3 heterocycles. The lowest BCUT2D eigenvalue weighted by Crippen LogP contribution is -2.63. The predicted molar refractivity (Wildman–Crippen MR) is 161 cm³/mol. The SMILES string of the molecule is CCOc1ccccc1CN1C(=O)c2cc3ccc(OC)cc3n2C[C@]1(C)C(=O)NCCCN1C[C@@H](C)C[C@H](C)C1. The number of nitrogens with one attached hydrogen (secondary N) is 1. The summed E-state index contributed by atoms with van der Waals surface area (Å²) in [5.74, 6) is 2.54. The first-order valence-corrected chi connectivity index (χ1v) is 14.9. The molecule has 2 aliphatic heterocycles. The fraction of sp³-hybridized carbons (Fsp3) is 0.515. The molecular formula is C33H44N4O4. The van der Waals surface area contributed by atoms with E-state index in [0.717, 1.165) is 48.3 Å². The summed E-state index contributed by atoms with van der Waals surface area (Å²) in [7, 11) is 1.63. The van der Waals surface area contributed by atoms with E-state index >= 15 is 0 Å². The lowest BCUT2D eigenvalue weighted by molar-refractivity contribution is -0.133. The molecule has 1 aromatic heterocycles. The maximum Gasteiger partial charge on any atom is 0.271 e. The number of nitrogens with zero attached hydrogens (tertiary/aromatic N) is 3. The van der Waals surface area contributed by atoms with E-state index in [1.807, 2.05) is 66.9 Å². The smallest absolute Gasteiger partial charge is 0.271 e. The van der Waals surface area contributed by atoms with Crippen LogP contribution < -0.4 is 14.8 Å². The minimum absolute atomic E-state index is 0.143. The zero-order chi connectivity index (χ0) is 29.1. The van der Waals surface area contributed by atoms with Crippen molar-refractivity contribution in [1.82, 2.24) is 19.7 Å². The maximum absolute atomic E-state index is 14.2. The molecule has 5 rings (SSSR count). The topological polar surface area (TPSA) is 76.0 Å². The van der Waals surface area contributed by atoms with E-state index in [-0.39, 0.29) is 18.4 Å². The van der Waals surface area contributed by atoms with Crippen LogP contribution >= 0.6 is 0 Å². The Kier molecular flexibility index (Phi) is 8.59. The summed E-state index contributed by atoms with van der Waals surface area (Å²) in [5.41, 5.74) is 1.23. The molecule has 8 nitrogen and oxygen atoms in total. The first-order valence-electron chi connectivity index (χ1n) is 14.9. The van der Waals surface area contributed by atoms with Crippen LogP contribution in [-0.2, 0) is 17.9 Å². The molecule has 0 spiro atoms. The Labute approximate surface area is 243 Å². The lowest BCUT2D eigenvalue weighted by atomic mass is 9.92. The second kappa shape index (κ2) is 12.1. The first-order chi connectivity index (χ1) is 19.7. The zero-order valence-electron chi connectivity index (χ0n) is 25.1. The Morgan fingerprint density at radius 1 is 1.10 bits per heavy atom. The number of methoxy groups -OCH3 is 1. The normalized spacial score (nSPS) is 23.0. The van der Waals surface area contributed by atoms with E-state index < -0.39 is 5.54 Å². The third kappa shape index (κ3) is 5.94. The van der Waals surface area contributed by atoms with Crippen LogP contribution in [0.15, 0.2) is 48.5 Å². The largest absolute Gasteiger partial charge is 0.497 e. The molecule has 2 aliphatic rings. The van der Waals surface area contributed by atoms with E-state index in [4.69, 9.17) is 9.47 Å². The van der Waals surface area contributed by atoms with Gasteiger partial charge in [0.15, 0.2) is 0 Å². The summed E-state index contributed by atoms with van der Waals surface area (Å²) < 4.78 is 13.3. The van der Waals surface area contributed by atoms with Crippen LogP contribution in [0.3, 0.4) is 0 Å². The Hall–Kier alpha value is -3.52. The molecule has 0 saturated carbocycles. The van der Waals surface area contributed by atoms with Crippen LogP contribution in [0.25, 0.3) is 10.9 Å². The molecule has 0 aliphatic carbocycles. The molecule has 1 fully saturated rings. The summed E-state index contributed by atoms with van der Waals surface area (Å²) in [6, 6.07) is 15.4. The monoisotopic (exact) mass is 560 g/mol. The van der Waals surface area contributed by atoms with Gasteiger partial charge in [0.25, 0.3) is 5.91 Å². The fourth-order valence-electron chi connectivity index (χ4n) is 6.68.